The van der Waals surface area contributed by atoms with Crippen molar-refractivity contribution >= 4 is 11.6 Å². The Morgan fingerprint density at radius 3 is 2.62 bits per heavy atom. The second-order valence-corrected chi connectivity index (χ2v) is 6.04. The Morgan fingerprint density at radius 2 is 2.10 bits per heavy atom. The molecule has 0 bridgehead atoms. The molecule has 2 rings (SSSR count). The Kier molecular flexibility index (Phi) is 5.06. The van der Waals surface area contributed by atoms with Crippen molar-refractivity contribution in [2.24, 2.45) is 7.05 Å². The number of nitrogens with one attached hydrogen (secondary N) is 1. The van der Waals surface area contributed by atoms with Crippen LogP contribution >= 0.6 is 11.6 Å². The quantitative estimate of drug-likeness (QED) is 0.891. The van der Waals surface area contributed by atoms with Crippen molar-refractivity contribution in [3.63, 3.8) is 0 Å². The molecule has 2 aromatic heterocycles. The van der Waals surface area contributed by atoms with Gasteiger partial charge >= 0.3 is 0 Å². The molecule has 0 spiro atoms. The lowest BCUT2D eigenvalue weighted by Crippen LogP contribution is -2.28. The molecule has 0 saturated heterocycles. The van der Waals surface area contributed by atoms with Gasteiger partial charge in [0.15, 0.2) is 0 Å². The minimum absolute atomic E-state index is 0.00597. The van der Waals surface area contributed by atoms with Gasteiger partial charge in [-0.05, 0) is 39.8 Å². The van der Waals surface area contributed by atoms with Gasteiger partial charge in [0.25, 0.3) is 0 Å². The van der Waals surface area contributed by atoms with Gasteiger partial charge in [-0.1, -0.05) is 18.5 Å². The van der Waals surface area contributed by atoms with Crippen LogP contribution in [0.15, 0.2) is 12.3 Å². The number of rotatable bonds is 6. The van der Waals surface area contributed by atoms with E-state index in [1.165, 1.54) is 0 Å². The molecule has 0 amide bonds. The summed E-state index contributed by atoms with van der Waals surface area (Å²) in [6.45, 7) is 9.28. The van der Waals surface area contributed by atoms with E-state index in [1.807, 2.05) is 23.3 Å². The molecule has 5 nitrogen and oxygen atoms in total. The van der Waals surface area contributed by atoms with E-state index in [0.717, 1.165) is 30.0 Å². The minimum Gasteiger partial charge on any atom is -0.304 e. The highest BCUT2D eigenvalue weighted by atomic mass is 35.5. The van der Waals surface area contributed by atoms with E-state index in [0.29, 0.717) is 5.02 Å². The van der Waals surface area contributed by atoms with Gasteiger partial charge < -0.3 is 5.32 Å². The summed E-state index contributed by atoms with van der Waals surface area (Å²) in [6, 6.07) is 2.35. The lowest BCUT2D eigenvalue weighted by molar-refractivity contribution is 0.459. The molecule has 0 fully saturated rings. The van der Waals surface area contributed by atoms with Gasteiger partial charge in [0.2, 0.25) is 0 Å². The molecule has 116 valence electrons. The van der Waals surface area contributed by atoms with Crippen LogP contribution in [0.4, 0.5) is 0 Å². The number of aryl methyl sites for hydroxylation is 2. The average molecular weight is 310 g/mol. The van der Waals surface area contributed by atoms with Gasteiger partial charge in [0.05, 0.1) is 34.3 Å². The van der Waals surface area contributed by atoms with Crippen LogP contribution in [0.1, 0.15) is 56.4 Å². The molecule has 0 aliphatic rings. The number of halogens is 1. The first-order valence-corrected chi connectivity index (χ1v) is 7.80. The Labute approximate surface area is 131 Å². The zero-order valence-corrected chi connectivity index (χ0v) is 14.1. The van der Waals surface area contributed by atoms with Crippen molar-refractivity contribution in [3.05, 3.63) is 34.4 Å². The maximum absolute atomic E-state index is 6.42. The van der Waals surface area contributed by atoms with Crippen LogP contribution < -0.4 is 5.32 Å². The molecule has 6 heteroatoms. The second kappa shape index (κ2) is 6.62. The molecule has 2 heterocycles. The molecule has 1 unspecified atom stereocenters. The third-order valence-corrected chi connectivity index (χ3v) is 3.77. The van der Waals surface area contributed by atoms with Crippen molar-refractivity contribution in [2.45, 2.75) is 46.2 Å². The van der Waals surface area contributed by atoms with Gasteiger partial charge in [0, 0.05) is 13.1 Å². The molecule has 0 aromatic carbocycles. The first kappa shape index (κ1) is 16.0. The Balaban J connectivity index is 2.50. The highest BCUT2D eigenvalue weighted by Crippen LogP contribution is 2.30. The third kappa shape index (κ3) is 3.30. The van der Waals surface area contributed by atoms with Crippen molar-refractivity contribution in [3.8, 4) is 0 Å². The Bertz CT molecular complexity index is 599. The fourth-order valence-corrected chi connectivity index (χ4v) is 2.80. The first-order chi connectivity index (χ1) is 9.95. The predicted octanol–water partition coefficient (Wildman–Crippen LogP) is 3.25. The summed E-state index contributed by atoms with van der Waals surface area (Å²) in [5, 5.41) is 13.1. The fourth-order valence-electron chi connectivity index (χ4n) is 2.56. The zero-order chi connectivity index (χ0) is 15.6. The van der Waals surface area contributed by atoms with Crippen molar-refractivity contribution in [1.29, 1.82) is 0 Å². The highest BCUT2D eigenvalue weighted by molar-refractivity contribution is 6.31. The molecule has 0 saturated carbocycles. The van der Waals surface area contributed by atoms with Crippen LogP contribution in [0, 0.1) is 6.92 Å². The largest absolute Gasteiger partial charge is 0.304 e. The summed E-state index contributed by atoms with van der Waals surface area (Å²) in [5.74, 6) is 0. The van der Waals surface area contributed by atoms with Crippen LogP contribution in [0.3, 0.4) is 0 Å². The Morgan fingerprint density at radius 1 is 1.38 bits per heavy atom. The Hall–Kier alpha value is -1.33. The van der Waals surface area contributed by atoms with E-state index >= 15 is 0 Å². The summed E-state index contributed by atoms with van der Waals surface area (Å²) in [7, 11) is 1.97. The average Bonchev–Trinajstić information content (AvgIpc) is 2.94. The summed E-state index contributed by atoms with van der Waals surface area (Å²) in [5.41, 5.74) is 3.11. The monoisotopic (exact) mass is 309 g/mol. The molecule has 0 aliphatic heterocycles. The lowest BCUT2D eigenvalue weighted by atomic mass is 10.1. The van der Waals surface area contributed by atoms with Gasteiger partial charge in [-0.3, -0.25) is 9.36 Å². The van der Waals surface area contributed by atoms with E-state index in [9.17, 15) is 0 Å². The number of aromatic nitrogens is 4. The van der Waals surface area contributed by atoms with Crippen LogP contribution in [0.5, 0.6) is 0 Å². The van der Waals surface area contributed by atoms with E-state index in [4.69, 9.17) is 11.6 Å². The van der Waals surface area contributed by atoms with E-state index in [2.05, 4.69) is 42.4 Å². The molecule has 1 N–H and O–H groups in total. The maximum Gasteiger partial charge on any atom is 0.0934 e. The standard InChI is InChI=1S/C15H24ClN5/c1-6-7-17-14(13-8-11(4)19-20(13)5)15-12(16)9-18-21(15)10(2)3/h8-10,14,17H,6-7H2,1-5H3. The molecule has 0 radical (unpaired) electrons. The summed E-state index contributed by atoms with van der Waals surface area (Å²) >= 11 is 6.42. The number of nitrogens with zero attached hydrogens (tertiary/aromatic N) is 4. The van der Waals surface area contributed by atoms with Crippen LogP contribution in [-0.2, 0) is 7.05 Å². The normalized spacial score (nSPS) is 13.1. The summed E-state index contributed by atoms with van der Waals surface area (Å²) in [4.78, 5) is 0. The molecular formula is C15H24ClN5. The molecule has 1 atom stereocenters. The van der Waals surface area contributed by atoms with Gasteiger partial charge in [-0.15, -0.1) is 0 Å². The van der Waals surface area contributed by atoms with Crippen molar-refractivity contribution in [2.75, 3.05) is 6.54 Å². The second-order valence-electron chi connectivity index (χ2n) is 5.64. The lowest BCUT2D eigenvalue weighted by Gasteiger charge is -2.22. The molecule has 21 heavy (non-hydrogen) atoms. The molecule has 0 aliphatic carbocycles. The predicted molar refractivity (Wildman–Crippen MR) is 85.7 cm³/mol. The summed E-state index contributed by atoms with van der Waals surface area (Å²) < 4.78 is 3.90. The topological polar surface area (TPSA) is 47.7 Å². The fraction of sp³-hybridized carbons (Fsp3) is 0.600. The van der Waals surface area contributed by atoms with Crippen molar-refractivity contribution in [1.82, 2.24) is 24.9 Å². The highest BCUT2D eigenvalue weighted by Gasteiger charge is 2.25. The summed E-state index contributed by atoms with van der Waals surface area (Å²) in [6.07, 6.45) is 2.78. The van der Waals surface area contributed by atoms with Crippen LogP contribution in [-0.4, -0.2) is 26.1 Å². The van der Waals surface area contributed by atoms with Crippen molar-refractivity contribution < 1.29 is 0 Å². The molecular weight excluding hydrogens is 286 g/mol. The number of hydrogen-bond acceptors (Lipinski definition) is 3. The third-order valence-electron chi connectivity index (χ3n) is 3.48. The van der Waals surface area contributed by atoms with E-state index in [1.54, 1.807) is 6.20 Å². The van der Waals surface area contributed by atoms with Gasteiger partial charge in [-0.2, -0.15) is 10.2 Å². The number of hydrogen-bond donors (Lipinski definition) is 1. The zero-order valence-electron chi connectivity index (χ0n) is 13.4. The van der Waals surface area contributed by atoms with Gasteiger partial charge in [-0.25, -0.2) is 0 Å². The van der Waals surface area contributed by atoms with E-state index in [-0.39, 0.29) is 12.1 Å². The molecule has 2 aromatic rings. The van der Waals surface area contributed by atoms with Gasteiger partial charge in [0.1, 0.15) is 0 Å². The first-order valence-electron chi connectivity index (χ1n) is 7.42. The minimum atomic E-state index is -0.00597. The van der Waals surface area contributed by atoms with Crippen LogP contribution in [0.2, 0.25) is 5.02 Å². The van der Waals surface area contributed by atoms with Crippen LogP contribution in [0.25, 0.3) is 0 Å². The maximum atomic E-state index is 6.42. The smallest absolute Gasteiger partial charge is 0.0934 e. The SMILES string of the molecule is CCCNC(c1cc(C)nn1C)c1c(Cl)cnn1C(C)C. The van der Waals surface area contributed by atoms with E-state index < -0.39 is 0 Å².